The van der Waals surface area contributed by atoms with Crippen LogP contribution in [0, 0.1) is 0 Å². The number of hydrogen-bond donors (Lipinski definition) is 3. The van der Waals surface area contributed by atoms with Crippen molar-refractivity contribution in [1.82, 2.24) is 5.48 Å². The van der Waals surface area contributed by atoms with Gasteiger partial charge in [0.2, 0.25) is 5.91 Å². The lowest BCUT2D eigenvalue weighted by molar-refractivity contribution is -0.128. The maximum atomic E-state index is 12.6. The molecule has 0 aromatic heterocycles. The fourth-order valence-corrected chi connectivity index (χ4v) is 2.20. The second kappa shape index (κ2) is 8.07. The third kappa shape index (κ3) is 4.38. The summed E-state index contributed by atoms with van der Waals surface area (Å²) in [7, 11) is 0. The lowest BCUT2D eigenvalue weighted by Gasteiger charge is -2.22. The topological polar surface area (TPSA) is 89.9 Å². The van der Waals surface area contributed by atoms with Gasteiger partial charge in [0.15, 0.2) is 0 Å². The predicted octanol–water partition coefficient (Wildman–Crippen LogP) is 1.37. The molecule has 2 aromatic rings. The van der Waals surface area contributed by atoms with Crippen LogP contribution in [0.3, 0.4) is 0 Å². The third-order valence-electron chi connectivity index (χ3n) is 3.33. The normalized spacial score (nSPS) is 10.2. The van der Waals surface area contributed by atoms with Crippen LogP contribution < -0.4 is 10.4 Å². The number of nitrogens with zero attached hydrogens (tertiary/aromatic N) is 1. The lowest BCUT2D eigenvalue weighted by atomic mass is 10.1. The van der Waals surface area contributed by atoms with E-state index < -0.39 is 5.91 Å². The van der Waals surface area contributed by atoms with Gasteiger partial charge in [-0.2, -0.15) is 0 Å². The SMILES string of the molecule is O=C(Cc1ccc(C(=O)N(CCO)c2ccccc2)cc1)NO. The Bertz CT molecular complexity index is 656. The molecule has 3 N–H and O–H groups in total. The summed E-state index contributed by atoms with van der Waals surface area (Å²) in [5.74, 6) is -0.751. The van der Waals surface area contributed by atoms with Crippen LogP contribution in [-0.2, 0) is 11.2 Å². The summed E-state index contributed by atoms with van der Waals surface area (Å²) < 4.78 is 0. The van der Waals surface area contributed by atoms with Gasteiger partial charge in [0.25, 0.3) is 5.91 Å². The number of amides is 2. The number of anilines is 1. The third-order valence-corrected chi connectivity index (χ3v) is 3.33. The highest BCUT2D eigenvalue weighted by Crippen LogP contribution is 2.17. The van der Waals surface area contributed by atoms with Crippen molar-refractivity contribution in [2.45, 2.75) is 6.42 Å². The zero-order valence-corrected chi connectivity index (χ0v) is 12.5. The van der Waals surface area contributed by atoms with Gasteiger partial charge in [-0.05, 0) is 29.8 Å². The van der Waals surface area contributed by atoms with E-state index in [1.54, 1.807) is 41.9 Å². The quantitative estimate of drug-likeness (QED) is 0.555. The van der Waals surface area contributed by atoms with Crippen LogP contribution in [0.5, 0.6) is 0 Å². The summed E-state index contributed by atoms with van der Waals surface area (Å²) in [5, 5.41) is 17.7. The highest BCUT2D eigenvalue weighted by Gasteiger charge is 2.17. The maximum absolute atomic E-state index is 12.6. The smallest absolute Gasteiger partial charge is 0.258 e. The Hall–Kier alpha value is -2.70. The van der Waals surface area contributed by atoms with E-state index in [0.717, 1.165) is 0 Å². The first-order chi connectivity index (χ1) is 11.2. The Morgan fingerprint density at radius 1 is 1.00 bits per heavy atom. The first-order valence-electron chi connectivity index (χ1n) is 7.15. The zero-order valence-electron chi connectivity index (χ0n) is 12.5. The number of benzene rings is 2. The van der Waals surface area contributed by atoms with E-state index in [2.05, 4.69) is 0 Å². The molecule has 0 unspecified atom stereocenters. The molecule has 0 radical (unpaired) electrons. The molecule has 0 fully saturated rings. The second-order valence-electron chi connectivity index (χ2n) is 4.92. The molecular weight excluding hydrogens is 296 g/mol. The van der Waals surface area contributed by atoms with Gasteiger partial charge in [0, 0.05) is 17.8 Å². The Labute approximate surface area is 133 Å². The van der Waals surface area contributed by atoms with Gasteiger partial charge < -0.3 is 10.0 Å². The maximum Gasteiger partial charge on any atom is 0.258 e. The Morgan fingerprint density at radius 2 is 1.65 bits per heavy atom. The molecule has 0 bridgehead atoms. The average molecular weight is 314 g/mol. The monoisotopic (exact) mass is 314 g/mol. The van der Waals surface area contributed by atoms with Crippen molar-refractivity contribution in [1.29, 1.82) is 0 Å². The Balaban J connectivity index is 2.18. The van der Waals surface area contributed by atoms with Gasteiger partial charge in [-0.1, -0.05) is 30.3 Å². The van der Waals surface area contributed by atoms with Gasteiger partial charge in [-0.15, -0.1) is 0 Å². The van der Waals surface area contributed by atoms with E-state index in [1.807, 2.05) is 18.2 Å². The largest absolute Gasteiger partial charge is 0.395 e. The van der Waals surface area contributed by atoms with Gasteiger partial charge in [-0.25, -0.2) is 5.48 Å². The molecule has 0 spiro atoms. The molecule has 0 saturated heterocycles. The number of carbonyl (C=O) groups is 2. The van der Waals surface area contributed by atoms with Gasteiger partial charge in [0.1, 0.15) is 0 Å². The molecule has 6 heteroatoms. The van der Waals surface area contributed by atoms with Crippen LogP contribution in [0.25, 0.3) is 0 Å². The van der Waals surface area contributed by atoms with Gasteiger partial charge in [-0.3, -0.25) is 14.8 Å². The minimum atomic E-state index is -0.518. The number of carbonyl (C=O) groups excluding carboxylic acids is 2. The highest BCUT2D eigenvalue weighted by atomic mass is 16.5. The molecule has 2 rings (SSSR count). The molecule has 0 aliphatic carbocycles. The van der Waals surface area contributed by atoms with Crippen LogP contribution in [0.2, 0.25) is 0 Å². The van der Waals surface area contributed by atoms with Gasteiger partial charge >= 0.3 is 0 Å². The minimum Gasteiger partial charge on any atom is -0.395 e. The van der Waals surface area contributed by atoms with E-state index >= 15 is 0 Å². The van der Waals surface area contributed by atoms with Crippen LogP contribution in [0.4, 0.5) is 5.69 Å². The van der Waals surface area contributed by atoms with Crippen molar-refractivity contribution in [3.8, 4) is 0 Å². The standard InChI is InChI=1S/C17H18N2O4/c20-11-10-19(15-4-2-1-3-5-15)17(22)14-8-6-13(7-9-14)12-16(21)18-23/h1-9,20,23H,10-12H2,(H,18,21). The molecule has 0 atom stereocenters. The van der Waals surface area contributed by atoms with Crippen molar-refractivity contribution >= 4 is 17.5 Å². The molecule has 0 aliphatic rings. The zero-order chi connectivity index (χ0) is 16.7. The summed E-state index contributed by atoms with van der Waals surface area (Å²) in [6.45, 7) is 0.0485. The fourth-order valence-electron chi connectivity index (χ4n) is 2.20. The van der Waals surface area contributed by atoms with Crippen LogP contribution in [-0.4, -0.2) is 35.3 Å². The van der Waals surface area contributed by atoms with Gasteiger partial charge in [0.05, 0.1) is 13.0 Å². The number of aliphatic hydroxyl groups excluding tert-OH is 1. The number of rotatable bonds is 6. The fraction of sp³-hybridized carbons (Fsp3) is 0.176. The molecule has 23 heavy (non-hydrogen) atoms. The molecule has 6 nitrogen and oxygen atoms in total. The van der Waals surface area contributed by atoms with E-state index in [-0.39, 0.29) is 25.5 Å². The number of para-hydroxylation sites is 1. The highest BCUT2D eigenvalue weighted by molar-refractivity contribution is 6.06. The number of nitrogens with one attached hydrogen (secondary N) is 1. The van der Waals surface area contributed by atoms with Crippen LogP contribution in [0.15, 0.2) is 54.6 Å². The van der Waals surface area contributed by atoms with Crippen molar-refractivity contribution < 1.29 is 19.9 Å². The van der Waals surface area contributed by atoms with E-state index in [9.17, 15) is 14.7 Å². The summed E-state index contributed by atoms with van der Waals surface area (Å²) >= 11 is 0. The molecular formula is C17H18N2O4. The molecule has 120 valence electrons. The summed E-state index contributed by atoms with van der Waals surface area (Å²) in [4.78, 5) is 25.2. The van der Waals surface area contributed by atoms with Crippen molar-refractivity contribution in [3.05, 3.63) is 65.7 Å². The summed E-state index contributed by atoms with van der Waals surface area (Å²) in [6.07, 6.45) is 0.0318. The van der Waals surface area contributed by atoms with Crippen molar-refractivity contribution in [2.75, 3.05) is 18.1 Å². The molecule has 0 saturated carbocycles. The first kappa shape index (κ1) is 16.7. The predicted molar refractivity (Wildman–Crippen MR) is 85.3 cm³/mol. The minimum absolute atomic E-state index is 0.0318. The van der Waals surface area contributed by atoms with Crippen LogP contribution in [0.1, 0.15) is 15.9 Å². The number of hydroxylamine groups is 1. The van der Waals surface area contributed by atoms with Crippen molar-refractivity contribution in [3.63, 3.8) is 0 Å². The number of aliphatic hydroxyl groups is 1. The van der Waals surface area contributed by atoms with Crippen molar-refractivity contribution in [2.24, 2.45) is 0 Å². The summed E-state index contributed by atoms with van der Waals surface area (Å²) in [6, 6.07) is 15.7. The van der Waals surface area contributed by atoms with E-state index in [4.69, 9.17) is 5.21 Å². The molecule has 2 amide bonds. The first-order valence-corrected chi connectivity index (χ1v) is 7.15. The molecule has 0 aliphatic heterocycles. The Morgan fingerprint density at radius 3 is 2.22 bits per heavy atom. The van der Waals surface area contributed by atoms with E-state index in [0.29, 0.717) is 16.8 Å². The van der Waals surface area contributed by atoms with E-state index in [1.165, 1.54) is 4.90 Å². The molecule has 2 aromatic carbocycles. The number of hydrogen-bond acceptors (Lipinski definition) is 4. The molecule has 0 heterocycles. The lowest BCUT2D eigenvalue weighted by Crippen LogP contribution is -2.33. The second-order valence-corrected chi connectivity index (χ2v) is 4.92. The summed E-state index contributed by atoms with van der Waals surface area (Å²) in [5.41, 5.74) is 3.41. The Kier molecular flexibility index (Phi) is 5.85. The van der Waals surface area contributed by atoms with Crippen LogP contribution >= 0.6 is 0 Å². The average Bonchev–Trinajstić information content (AvgIpc) is 2.60.